The van der Waals surface area contributed by atoms with Crippen molar-refractivity contribution in [2.75, 3.05) is 0 Å². The van der Waals surface area contributed by atoms with Crippen molar-refractivity contribution in [3.63, 3.8) is 0 Å². The summed E-state index contributed by atoms with van der Waals surface area (Å²) < 4.78 is 347. The van der Waals surface area contributed by atoms with Crippen LogP contribution in [-0.2, 0) is 0 Å². The molecule has 428 valence electrons. The fourth-order valence-electron chi connectivity index (χ4n) is 2.91. The first-order chi connectivity index (χ1) is 29.6. The molecule has 0 saturated carbocycles. The second-order valence-corrected chi connectivity index (χ2v) is 16.5. The fourth-order valence-corrected chi connectivity index (χ4v) is 2.91. The van der Waals surface area contributed by atoms with Gasteiger partial charge in [0.2, 0.25) is 0 Å². The molecule has 3 atom stereocenters. The lowest BCUT2D eigenvalue weighted by molar-refractivity contribution is -0.327. The Hall–Kier alpha value is -2.10. The van der Waals surface area contributed by atoms with Gasteiger partial charge in [-0.3, -0.25) is 0 Å². The summed E-state index contributed by atoms with van der Waals surface area (Å²) >= 11 is 0. The van der Waals surface area contributed by atoms with E-state index < -0.39 is 122 Å². The normalized spacial score (nSPS) is 14.8. The molecule has 0 aromatic heterocycles. The molecule has 0 bridgehead atoms. The average Bonchev–Trinajstić information content (AvgIpc) is 3.06. The predicted octanol–water partition coefficient (Wildman–Crippen LogP) is 21.5. The van der Waals surface area contributed by atoms with Gasteiger partial charge in [0, 0.05) is 12.8 Å². The van der Waals surface area contributed by atoms with Crippen molar-refractivity contribution in [3.8, 4) is 0 Å². The first kappa shape index (κ1) is 81.0. The van der Waals surface area contributed by atoms with Crippen molar-refractivity contribution in [2.45, 2.75) is 215 Å². The third-order valence-electron chi connectivity index (χ3n) is 8.57. The van der Waals surface area contributed by atoms with Gasteiger partial charge in [-0.15, -0.1) is 0 Å². The van der Waals surface area contributed by atoms with Gasteiger partial charge in [0.25, 0.3) is 0 Å². The Morgan fingerprint density at radius 2 is 0.580 bits per heavy atom. The van der Waals surface area contributed by atoms with Gasteiger partial charge in [0.1, 0.15) is 0 Å². The quantitative estimate of drug-likeness (QED) is 0.151. The summed E-state index contributed by atoms with van der Waals surface area (Å²) in [6.45, 7) is 13.2. The van der Waals surface area contributed by atoms with Crippen molar-refractivity contribution in [2.24, 2.45) is 34.5 Å². The van der Waals surface area contributed by atoms with Crippen LogP contribution in [0.15, 0.2) is 0 Å². The minimum absolute atomic E-state index is 0.104. The average molecular weight is 1100 g/mol. The Morgan fingerprint density at radius 3 is 0.696 bits per heavy atom. The van der Waals surface area contributed by atoms with E-state index in [1.165, 1.54) is 27.7 Å². The lowest BCUT2D eigenvalue weighted by Crippen LogP contribution is -2.44. The Labute approximate surface area is 382 Å². The van der Waals surface area contributed by atoms with Crippen LogP contribution in [0.4, 0.5) is 132 Å². The molecule has 0 aliphatic rings. The van der Waals surface area contributed by atoms with Crippen LogP contribution < -0.4 is 0 Å². The molecule has 1 unspecified atom stereocenters. The highest BCUT2D eigenvalue weighted by molar-refractivity contribution is 4.84. The maximum Gasteiger partial charge on any atom is 0.402 e. The van der Waals surface area contributed by atoms with Crippen LogP contribution in [-0.4, -0.2) is 61.8 Å². The lowest BCUT2D eigenvalue weighted by atomic mass is 9.92. The highest BCUT2D eigenvalue weighted by Crippen LogP contribution is 2.49. The second kappa shape index (κ2) is 32.2. The Balaban J connectivity index is -0.000000131. The van der Waals surface area contributed by atoms with Gasteiger partial charge in [-0.25, -0.2) is 0 Å². The molecule has 0 aliphatic carbocycles. The molecule has 0 nitrogen and oxygen atoms in total. The van der Waals surface area contributed by atoms with Crippen LogP contribution in [0.25, 0.3) is 0 Å². The highest BCUT2D eigenvalue weighted by Gasteiger charge is 2.64. The molecule has 30 heteroatoms. The zero-order chi connectivity index (χ0) is 58.1. The molecule has 0 heterocycles. The summed E-state index contributed by atoms with van der Waals surface area (Å²) in [7, 11) is 0. The number of rotatable bonds is 10. The van der Waals surface area contributed by atoms with Crippen LogP contribution in [0.3, 0.4) is 0 Å². The van der Waals surface area contributed by atoms with E-state index in [9.17, 15) is 132 Å². The maximum atomic E-state index is 11.7. The molecule has 69 heavy (non-hydrogen) atoms. The molecule has 0 aromatic carbocycles. The van der Waals surface area contributed by atoms with E-state index in [1.807, 2.05) is 6.92 Å². The van der Waals surface area contributed by atoms with Gasteiger partial charge in [-0.1, -0.05) is 94.9 Å². The topological polar surface area (TPSA) is 0 Å². The number of alkyl halides is 30. The number of hydrogen-bond donors (Lipinski definition) is 0. The molecule has 0 aliphatic heterocycles. The largest absolute Gasteiger partial charge is 0.402 e. The van der Waals surface area contributed by atoms with E-state index in [2.05, 4.69) is 0 Å². The standard InChI is InChI=1S/2C6H8F6.2C6H11F3.C5H6F6.2C5H9F3/c1-4(6(10,11)12)2-3-5(7,8)9;1-2-3-4(5(7,8)9)6(10,11)12;1-3-4-5(2)6(7,8)9;1-2-3-4-5-6(7,8)9;1-3(2,4(6,7)8)5(9,10)11;1-4(2,3)5(6,7)8;1-3-4(2)5(6,7)8/h2*4H,2-3H2,1H3;5H,3-4H2,1-2H3;2-5H2,1H3;1-2H3;1-3H3;4H,3H2,1-2H3/t4-;;5-;;;;/m0.0..../s1. The van der Waals surface area contributed by atoms with Crippen molar-refractivity contribution in [3.05, 3.63) is 0 Å². The number of unbranched alkanes of at least 4 members (excludes halogenated alkanes) is 2. The van der Waals surface area contributed by atoms with Crippen LogP contribution in [0, 0.1) is 34.5 Å². The Bertz CT molecular complexity index is 1170. The van der Waals surface area contributed by atoms with Crippen LogP contribution in [0.2, 0.25) is 0 Å². The molecule has 0 N–H and O–H groups in total. The van der Waals surface area contributed by atoms with Crippen molar-refractivity contribution in [1.82, 2.24) is 0 Å². The zero-order valence-corrected chi connectivity index (χ0v) is 39.4. The van der Waals surface area contributed by atoms with Gasteiger partial charge in [-0.2, -0.15) is 132 Å². The third kappa shape index (κ3) is 48.0. The summed E-state index contributed by atoms with van der Waals surface area (Å²) in [5.74, 6) is -7.35. The summed E-state index contributed by atoms with van der Waals surface area (Å²) in [5.41, 5.74) is -5.19. The van der Waals surface area contributed by atoms with Crippen LogP contribution >= 0.6 is 0 Å². The predicted molar refractivity (Wildman–Crippen MR) is 198 cm³/mol. The van der Waals surface area contributed by atoms with E-state index in [0.29, 0.717) is 12.8 Å². The Morgan fingerprint density at radius 1 is 0.304 bits per heavy atom. The monoisotopic (exact) mass is 1100 g/mol. The lowest BCUT2D eigenvalue weighted by Gasteiger charge is -2.29. The molecular formula is C39H62F30. The van der Waals surface area contributed by atoms with Gasteiger partial charge in [-0.05, 0) is 46.0 Å². The van der Waals surface area contributed by atoms with E-state index in [-0.39, 0.29) is 39.5 Å². The van der Waals surface area contributed by atoms with E-state index in [0.717, 1.165) is 34.1 Å². The molecule has 0 fully saturated rings. The summed E-state index contributed by atoms with van der Waals surface area (Å²) in [6, 6.07) is 0. The van der Waals surface area contributed by atoms with Crippen LogP contribution in [0.5, 0.6) is 0 Å². The maximum absolute atomic E-state index is 11.7. The summed E-state index contributed by atoms with van der Waals surface area (Å²) in [4.78, 5) is 0. The van der Waals surface area contributed by atoms with Crippen molar-refractivity contribution < 1.29 is 132 Å². The molecule has 0 saturated heterocycles. The van der Waals surface area contributed by atoms with Crippen molar-refractivity contribution in [1.29, 1.82) is 0 Å². The van der Waals surface area contributed by atoms with E-state index in [4.69, 9.17) is 0 Å². The number of hydrogen-bond acceptors (Lipinski definition) is 0. The summed E-state index contributed by atoms with van der Waals surface area (Å²) in [5, 5.41) is 0. The van der Waals surface area contributed by atoms with Gasteiger partial charge in [0.05, 0.1) is 23.2 Å². The molecule has 0 radical (unpaired) electrons. The van der Waals surface area contributed by atoms with Gasteiger partial charge in [0.15, 0.2) is 11.3 Å². The zero-order valence-electron chi connectivity index (χ0n) is 39.4. The minimum atomic E-state index is -5.24. The minimum Gasteiger partial charge on any atom is -0.171 e. The Kier molecular flexibility index (Phi) is 37.7. The van der Waals surface area contributed by atoms with Gasteiger partial charge >= 0.3 is 61.8 Å². The highest BCUT2D eigenvalue weighted by atomic mass is 19.5. The second-order valence-electron chi connectivity index (χ2n) is 16.5. The molecule has 0 spiro atoms. The first-order valence-corrected chi connectivity index (χ1v) is 20.3. The SMILES string of the molecule is CC(C)(C(F)(F)F)C(F)(F)F.CC(C)(C)C(F)(F)F.CCC(C)C(F)(F)F.CCCC(C(F)(F)F)C(F)(F)F.CCCCCC(F)(F)F.CCC[C@H](C)C(F)(F)F.C[C@@H](CCC(F)(F)F)C(F)(F)F. The first-order valence-electron chi connectivity index (χ1n) is 20.3. The number of halogens is 30. The van der Waals surface area contributed by atoms with E-state index in [1.54, 1.807) is 6.92 Å². The third-order valence-corrected chi connectivity index (χ3v) is 8.57. The molecule has 0 aromatic rings. The smallest absolute Gasteiger partial charge is 0.171 e. The van der Waals surface area contributed by atoms with Gasteiger partial charge < -0.3 is 0 Å². The van der Waals surface area contributed by atoms with Crippen molar-refractivity contribution >= 4 is 0 Å². The van der Waals surface area contributed by atoms with Crippen LogP contribution in [0.1, 0.15) is 154 Å². The fraction of sp³-hybridized carbons (Fsp3) is 1.00. The molecule has 0 rings (SSSR count). The molecular weight excluding hydrogens is 1040 g/mol. The molecule has 0 amide bonds. The summed E-state index contributed by atoms with van der Waals surface area (Å²) in [6.07, 6.45) is -47.0. The van der Waals surface area contributed by atoms with E-state index >= 15 is 0 Å².